The zero-order valence-electron chi connectivity index (χ0n) is 14.7. The van der Waals surface area contributed by atoms with E-state index in [1.165, 1.54) is 23.9 Å². The predicted molar refractivity (Wildman–Crippen MR) is 109 cm³/mol. The second kappa shape index (κ2) is 7.92. The summed E-state index contributed by atoms with van der Waals surface area (Å²) in [6, 6.07) is 14.8. The largest absolute Gasteiger partial charge is 0.394 e. The second-order valence-electron chi connectivity index (χ2n) is 6.20. The Kier molecular flexibility index (Phi) is 5.18. The Morgan fingerprint density at radius 2 is 2.04 bits per heavy atom. The van der Waals surface area contributed by atoms with Gasteiger partial charge in [-0.15, -0.1) is 0 Å². The Bertz CT molecular complexity index is 1100. The van der Waals surface area contributed by atoms with Gasteiger partial charge in [0.05, 0.1) is 17.0 Å². The van der Waals surface area contributed by atoms with E-state index in [1.54, 1.807) is 24.4 Å². The summed E-state index contributed by atoms with van der Waals surface area (Å²) in [7, 11) is 0. The number of aliphatic hydroxyl groups excluding tert-OH is 1. The molecule has 2 N–H and O–H groups in total. The molecule has 1 aliphatic heterocycles. The van der Waals surface area contributed by atoms with Crippen LogP contribution in [0.1, 0.15) is 17.2 Å². The van der Waals surface area contributed by atoms with Gasteiger partial charge in [-0.1, -0.05) is 24.3 Å². The molecule has 1 amide bonds. The Hall–Kier alpha value is -3.03. The molecule has 7 heteroatoms. The lowest BCUT2D eigenvalue weighted by Crippen LogP contribution is -2.21. The third-order valence-electron chi connectivity index (χ3n) is 4.28. The Balaban J connectivity index is 1.57. The summed E-state index contributed by atoms with van der Waals surface area (Å²) in [6.45, 7) is -0.248. The fourth-order valence-electron chi connectivity index (χ4n) is 2.87. The molecule has 1 saturated heterocycles. The smallest absolute Gasteiger partial charge is 0.264 e. The molecule has 2 heterocycles. The fourth-order valence-corrected chi connectivity index (χ4v) is 3.74. The van der Waals surface area contributed by atoms with Crippen molar-refractivity contribution < 1.29 is 14.3 Å². The van der Waals surface area contributed by atoms with Gasteiger partial charge in [0.15, 0.2) is 5.17 Å². The number of hydrogen-bond acceptors (Lipinski definition) is 5. The van der Waals surface area contributed by atoms with Gasteiger partial charge in [-0.05, 0) is 59.3 Å². The maximum Gasteiger partial charge on any atom is 0.264 e. The molecule has 0 bridgehead atoms. The van der Waals surface area contributed by atoms with Crippen molar-refractivity contribution in [2.24, 2.45) is 4.99 Å². The molecule has 28 heavy (non-hydrogen) atoms. The van der Waals surface area contributed by atoms with Crippen molar-refractivity contribution >= 4 is 39.8 Å². The number of benzene rings is 2. The predicted octanol–water partition coefficient (Wildman–Crippen LogP) is 3.67. The van der Waals surface area contributed by atoms with Crippen LogP contribution in [0.15, 0.2) is 70.7 Å². The number of thioether (sulfide) groups is 1. The number of hydrogen-bond donors (Lipinski definition) is 2. The first-order valence-electron chi connectivity index (χ1n) is 8.62. The SMILES string of the molecule is O=C1NC(=N[C@@H](CO)c2ccc(F)cc2)S/C1=C\c1ccc2ncccc2c1. The van der Waals surface area contributed by atoms with Crippen LogP contribution >= 0.6 is 11.8 Å². The molecule has 3 aromatic rings. The minimum Gasteiger partial charge on any atom is -0.394 e. The number of pyridine rings is 1. The van der Waals surface area contributed by atoms with Gasteiger partial charge in [-0.25, -0.2) is 4.39 Å². The zero-order valence-corrected chi connectivity index (χ0v) is 15.5. The van der Waals surface area contributed by atoms with Gasteiger partial charge in [0.25, 0.3) is 5.91 Å². The number of carbonyl (C=O) groups excluding carboxylic acids is 1. The fraction of sp³-hybridized carbons (Fsp3) is 0.0952. The molecule has 1 aliphatic rings. The number of fused-ring (bicyclic) bond motifs is 1. The Labute approximate surface area is 165 Å². The van der Waals surface area contributed by atoms with Crippen LogP contribution in [0.4, 0.5) is 4.39 Å². The van der Waals surface area contributed by atoms with Crippen LogP contribution in [0.25, 0.3) is 17.0 Å². The molecule has 1 atom stereocenters. The summed E-state index contributed by atoms with van der Waals surface area (Å²) >= 11 is 1.21. The summed E-state index contributed by atoms with van der Waals surface area (Å²) in [5, 5.41) is 13.7. The molecule has 0 radical (unpaired) electrons. The Morgan fingerprint density at radius 1 is 1.21 bits per heavy atom. The van der Waals surface area contributed by atoms with Crippen LogP contribution in [-0.2, 0) is 4.79 Å². The van der Waals surface area contributed by atoms with Crippen LogP contribution in [0.3, 0.4) is 0 Å². The van der Waals surface area contributed by atoms with Gasteiger partial charge in [-0.2, -0.15) is 0 Å². The van der Waals surface area contributed by atoms with Gasteiger partial charge in [0.1, 0.15) is 11.9 Å². The number of carbonyl (C=O) groups is 1. The van der Waals surface area contributed by atoms with E-state index in [9.17, 15) is 14.3 Å². The molecule has 0 spiro atoms. The number of halogens is 1. The third-order valence-corrected chi connectivity index (χ3v) is 5.20. The van der Waals surface area contributed by atoms with Crippen LogP contribution in [-0.4, -0.2) is 27.8 Å². The number of nitrogens with one attached hydrogen (secondary N) is 1. The van der Waals surface area contributed by atoms with Gasteiger partial charge in [0, 0.05) is 11.6 Å². The number of nitrogens with zero attached hydrogens (tertiary/aromatic N) is 2. The number of aliphatic hydroxyl groups is 1. The quantitative estimate of drug-likeness (QED) is 0.664. The van der Waals surface area contributed by atoms with E-state index < -0.39 is 6.04 Å². The van der Waals surface area contributed by atoms with E-state index >= 15 is 0 Å². The van der Waals surface area contributed by atoms with E-state index in [0.29, 0.717) is 15.6 Å². The first-order valence-corrected chi connectivity index (χ1v) is 9.44. The standard InChI is InChI=1S/C21H16FN3O2S/c22-16-6-4-14(5-7-16)18(12-26)24-21-25-20(27)19(28-21)11-13-3-8-17-15(10-13)2-1-9-23-17/h1-11,18,26H,12H2,(H,24,25,27)/b19-11-/t18-/m0/s1. The number of amidine groups is 1. The number of amides is 1. The minimum atomic E-state index is -0.575. The average molecular weight is 393 g/mol. The molecule has 0 unspecified atom stereocenters. The first kappa shape index (κ1) is 18.3. The highest BCUT2D eigenvalue weighted by atomic mass is 32.2. The maximum absolute atomic E-state index is 13.1. The monoisotopic (exact) mass is 393 g/mol. The average Bonchev–Trinajstić information content (AvgIpc) is 3.05. The number of aromatic nitrogens is 1. The van der Waals surface area contributed by atoms with Crippen LogP contribution in [0.5, 0.6) is 0 Å². The lowest BCUT2D eigenvalue weighted by Gasteiger charge is -2.10. The van der Waals surface area contributed by atoms with Crippen molar-refractivity contribution in [1.82, 2.24) is 10.3 Å². The van der Waals surface area contributed by atoms with Crippen molar-refractivity contribution in [3.63, 3.8) is 0 Å². The minimum absolute atomic E-state index is 0.245. The molecule has 2 aromatic carbocycles. The number of aliphatic imine (C=N–C) groups is 1. The Morgan fingerprint density at radius 3 is 2.82 bits per heavy atom. The highest BCUT2D eigenvalue weighted by molar-refractivity contribution is 8.18. The topological polar surface area (TPSA) is 74.6 Å². The van der Waals surface area contributed by atoms with Gasteiger partial charge in [0.2, 0.25) is 0 Å². The summed E-state index contributed by atoms with van der Waals surface area (Å²) < 4.78 is 13.1. The van der Waals surface area contributed by atoms with Crippen molar-refractivity contribution in [3.05, 3.63) is 82.6 Å². The molecule has 5 nitrogen and oxygen atoms in total. The van der Waals surface area contributed by atoms with Crippen molar-refractivity contribution in [2.45, 2.75) is 6.04 Å². The summed E-state index contributed by atoms with van der Waals surface area (Å²) in [5.74, 6) is -0.599. The molecular weight excluding hydrogens is 377 g/mol. The molecule has 140 valence electrons. The number of rotatable bonds is 4. The third kappa shape index (κ3) is 3.95. The van der Waals surface area contributed by atoms with E-state index in [0.717, 1.165) is 16.5 Å². The lowest BCUT2D eigenvalue weighted by molar-refractivity contribution is -0.115. The maximum atomic E-state index is 13.1. The van der Waals surface area contributed by atoms with Gasteiger partial charge >= 0.3 is 0 Å². The highest BCUT2D eigenvalue weighted by Gasteiger charge is 2.25. The molecule has 0 saturated carbocycles. The van der Waals surface area contributed by atoms with Crippen molar-refractivity contribution in [2.75, 3.05) is 6.61 Å². The summed E-state index contributed by atoms with van der Waals surface area (Å²) in [5.41, 5.74) is 2.45. The van der Waals surface area contributed by atoms with Crippen LogP contribution in [0, 0.1) is 5.82 Å². The highest BCUT2D eigenvalue weighted by Crippen LogP contribution is 2.29. The first-order chi connectivity index (χ1) is 13.6. The van der Waals surface area contributed by atoms with Gasteiger partial charge in [-0.3, -0.25) is 14.8 Å². The molecule has 1 aromatic heterocycles. The van der Waals surface area contributed by atoms with Crippen LogP contribution < -0.4 is 5.32 Å². The van der Waals surface area contributed by atoms with Gasteiger partial charge < -0.3 is 10.4 Å². The van der Waals surface area contributed by atoms with E-state index in [1.807, 2.05) is 30.3 Å². The van der Waals surface area contributed by atoms with Crippen molar-refractivity contribution in [1.29, 1.82) is 0 Å². The molecule has 0 aliphatic carbocycles. The van der Waals surface area contributed by atoms with Crippen LogP contribution in [0.2, 0.25) is 0 Å². The molecular formula is C21H16FN3O2S. The second-order valence-corrected chi connectivity index (χ2v) is 7.24. The zero-order chi connectivity index (χ0) is 19.5. The van der Waals surface area contributed by atoms with E-state index in [2.05, 4.69) is 15.3 Å². The molecule has 4 rings (SSSR count). The van der Waals surface area contributed by atoms with E-state index in [4.69, 9.17) is 0 Å². The van der Waals surface area contributed by atoms with E-state index in [-0.39, 0.29) is 18.3 Å². The summed E-state index contributed by atoms with van der Waals surface area (Å²) in [4.78, 5) is 21.5. The lowest BCUT2D eigenvalue weighted by atomic mass is 10.1. The summed E-state index contributed by atoms with van der Waals surface area (Å²) in [6.07, 6.45) is 3.53. The van der Waals surface area contributed by atoms with Crippen molar-refractivity contribution in [3.8, 4) is 0 Å². The normalized spacial score (nSPS) is 18.0. The molecule has 1 fully saturated rings.